The van der Waals surface area contributed by atoms with Gasteiger partial charge < -0.3 is 5.11 Å². The van der Waals surface area contributed by atoms with E-state index in [0.29, 0.717) is 0 Å². The molecule has 1 aliphatic rings. The number of rotatable bonds is 1. The third-order valence-electron chi connectivity index (χ3n) is 3.08. The van der Waals surface area contributed by atoms with Gasteiger partial charge in [-0.25, -0.2) is 0 Å². The third kappa shape index (κ3) is 1.48. The van der Waals surface area contributed by atoms with Crippen molar-refractivity contribution in [1.29, 1.82) is 0 Å². The highest BCUT2D eigenvalue weighted by atomic mass is 16.3. The van der Waals surface area contributed by atoms with Gasteiger partial charge in [-0.3, -0.25) is 0 Å². The SMILES string of the molecule is CC(C)C1(O)C=Cc2ccccc2C1. The highest BCUT2D eigenvalue weighted by Crippen LogP contribution is 2.30. The van der Waals surface area contributed by atoms with Crippen molar-refractivity contribution in [1.82, 2.24) is 0 Å². The molecule has 14 heavy (non-hydrogen) atoms. The summed E-state index contributed by atoms with van der Waals surface area (Å²) in [6.07, 6.45) is 4.69. The molecule has 1 N–H and O–H groups in total. The van der Waals surface area contributed by atoms with Gasteiger partial charge in [-0.05, 0) is 17.0 Å². The fraction of sp³-hybridized carbons (Fsp3) is 0.385. The van der Waals surface area contributed by atoms with Crippen molar-refractivity contribution in [2.75, 3.05) is 0 Å². The largest absolute Gasteiger partial charge is 0.385 e. The Morgan fingerprint density at radius 2 is 2.00 bits per heavy atom. The molecule has 1 aromatic rings. The average Bonchev–Trinajstić information content (AvgIpc) is 2.17. The summed E-state index contributed by atoms with van der Waals surface area (Å²) in [7, 11) is 0. The van der Waals surface area contributed by atoms with Gasteiger partial charge in [0.2, 0.25) is 0 Å². The first-order chi connectivity index (χ1) is 6.62. The Balaban J connectivity index is 2.38. The Bertz CT molecular complexity index is 365. The second-order valence-corrected chi connectivity index (χ2v) is 4.35. The Labute approximate surface area is 85.1 Å². The molecule has 0 aromatic heterocycles. The van der Waals surface area contributed by atoms with E-state index in [1.807, 2.05) is 24.3 Å². The van der Waals surface area contributed by atoms with Gasteiger partial charge in [0.05, 0.1) is 5.60 Å². The zero-order valence-electron chi connectivity index (χ0n) is 8.70. The molecule has 1 heteroatoms. The van der Waals surface area contributed by atoms with E-state index in [9.17, 15) is 5.11 Å². The van der Waals surface area contributed by atoms with Crippen molar-refractivity contribution >= 4 is 6.08 Å². The third-order valence-corrected chi connectivity index (χ3v) is 3.08. The Morgan fingerprint density at radius 1 is 1.29 bits per heavy atom. The Kier molecular flexibility index (Phi) is 2.20. The van der Waals surface area contributed by atoms with Crippen LogP contribution >= 0.6 is 0 Å². The highest BCUT2D eigenvalue weighted by molar-refractivity contribution is 5.58. The van der Waals surface area contributed by atoms with E-state index in [2.05, 4.69) is 26.0 Å². The van der Waals surface area contributed by atoms with Gasteiger partial charge in [0.25, 0.3) is 0 Å². The smallest absolute Gasteiger partial charge is 0.0894 e. The summed E-state index contributed by atoms with van der Waals surface area (Å²) in [5, 5.41) is 10.3. The molecule has 1 aromatic carbocycles. The van der Waals surface area contributed by atoms with Crippen LogP contribution in [0.2, 0.25) is 0 Å². The standard InChI is InChI=1S/C13H16O/c1-10(2)13(14)8-7-11-5-3-4-6-12(11)9-13/h3-8,10,14H,9H2,1-2H3. The Hall–Kier alpha value is -1.08. The van der Waals surface area contributed by atoms with Gasteiger partial charge in [-0.15, -0.1) is 0 Å². The predicted octanol–water partition coefficient (Wildman–Crippen LogP) is 2.64. The van der Waals surface area contributed by atoms with Crippen molar-refractivity contribution in [2.24, 2.45) is 5.92 Å². The molecule has 74 valence electrons. The van der Waals surface area contributed by atoms with E-state index in [4.69, 9.17) is 0 Å². The molecule has 2 rings (SSSR count). The summed E-state index contributed by atoms with van der Waals surface area (Å²) in [6.45, 7) is 4.11. The van der Waals surface area contributed by atoms with Crippen LogP contribution in [-0.2, 0) is 6.42 Å². The quantitative estimate of drug-likeness (QED) is 0.718. The lowest BCUT2D eigenvalue weighted by Gasteiger charge is -2.32. The summed E-state index contributed by atoms with van der Waals surface area (Å²) in [5.74, 6) is 0.257. The summed E-state index contributed by atoms with van der Waals surface area (Å²) >= 11 is 0. The maximum Gasteiger partial charge on any atom is 0.0894 e. The molecular formula is C13H16O. The molecule has 0 heterocycles. The second-order valence-electron chi connectivity index (χ2n) is 4.35. The van der Waals surface area contributed by atoms with Gasteiger partial charge in [0, 0.05) is 6.42 Å². The predicted molar refractivity (Wildman–Crippen MR) is 59.0 cm³/mol. The lowest BCUT2D eigenvalue weighted by molar-refractivity contribution is 0.0432. The first-order valence-corrected chi connectivity index (χ1v) is 5.11. The second kappa shape index (κ2) is 3.25. The van der Waals surface area contributed by atoms with Crippen LogP contribution in [-0.4, -0.2) is 10.7 Å². The van der Waals surface area contributed by atoms with Crippen LogP contribution < -0.4 is 0 Å². The van der Waals surface area contributed by atoms with E-state index >= 15 is 0 Å². The van der Waals surface area contributed by atoms with Crippen LogP contribution in [0.25, 0.3) is 6.08 Å². The molecule has 0 amide bonds. The molecule has 0 aliphatic heterocycles. The van der Waals surface area contributed by atoms with Crippen molar-refractivity contribution in [3.05, 3.63) is 41.5 Å². The van der Waals surface area contributed by atoms with Crippen LogP contribution in [0.1, 0.15) is 25.0 Å². The maximum absolute atomic E-state index is 10.3. The highest BCUT2D eigenvalue weighted by Gasteiger charge is 2.30. The average molecular weight is 188 g/mol. The first kappa shape index (κ1) is 9.47. The number of hydrogen-bond donors (Lipinski definition) is 1. The molecule has 0 bridgehead atoms. The van der Waals surface area contributed by atoms with Crippen LogP contribution in [0.3, 0.4) is 0 Å². The van der Waals surface area contributed by atoms with Crippen LogP contribution in [0.4, 0.5) is 0 Å². The van der Waals surface area contributed by atoms with Gasteiger partial charge >= 0.3 is 0 Å². The first-order valence-electron chi connectivity index (χ1n) is 5.11. The monoisotopic (exact) mass is 188 g/mol. The van der Waals surface area contributed by atoms with Gasteiger partial charge in [0.1, 0.15) is 0 Å². The topological polar surface area (TPSA) is 20.2 Å². The molecule has 0 radical (unpaired) electrons. The zero-order valence-corrected chi connectivity index (χ0v) is 8.70. The van der Waals surface area contributed by atoms with E-state index < -0.39 is 5.60 Å². The van der Waals surface area contributed by atoms with Crippen molar-refractivity contribution < 1.29 is 5.11 Å². The summed E-state index contributed by atoms with van der Waals surface area (Å²) in [4.78, 5) is 0. The van der Waals surface area contributed by atoms with Crippen LogP contribution in [0.5, 0.6) is 0 Å². The molecule has 1 unspecified atom stereocenters. The van der Waals surface area contributed by atoms with Crippen molar-refractivity contribution in [2.45, 2.75) is 25.9 Å². The number of aliphatic hydroxyl groups is 1. The molecule has 0 saturated heterocycles. The minimum atomic E-state index is -0.658. The summed E-state index contributed by atoms with van der Waals surface area (Å²) in [6, 6.07) is 8.24. The van der Waals surface area contributed by atoms with Crippen LogP contribution in [0.15, 0.2) is 30.3 Å². The number of benzene rings is 1. The molecule has 0 saturated carbocycles. The maximum atomic E-state index is 10.3. The fourth-order valence-electron chi connectivity index (χ4n) is 1.85. The Morgan fingerprint density at radius 3 is 2.71 bits per heavy atom. The molecule has 1 atom stereocenters. The molecule has 0 fully saturated rings. The molecule has 1 aliphatic carbocycles. The van der Waals surface area contributed by atoms with Crippen molar-refractivity contribution in [3.63, 3.8) is 0 Å². The van der Waals surface area contributed by atoms with Gasteiger partial charge in [0.15, 0.2) is 0 Å². The molecular weight excluding hydrogens is 172 g/mol. The van der Waals surface area contributed by atoms with E-state index in [1.165, 1.54) is 11.1 Å². The minimum absolute atomic E-state index is 0.257. The summed E-state index contributed by atoms with van der Waals surface area (Å²) < 4.78 is 0. The van der Waals surface area contributed by atoms with Gasteiger partial charge in [-0.2, -0.15) is 0 Å². The minimum Gasteiger partial charge on any atom is -0.385 e. The normalized spacial score (nSPS) is 25.1. The van der Waals surface area contributed by atoms with E-state index in [-0.39, 0.29) is 5.92 Å². The summed E-state index contributed by atoms with van der Waals surface area (Å²) in [5.41, 5.74) is 1.82. The zero-order chi connectivity index (χ0) is 10.2. The lowest BCUT2D eigenvalue weighted by atomic mass is 9.79. The van der Waals surface area contributed by atoms with Crippen molar-refractivity contribution in [3.8, 4) is 0 Å². The molecule has 0 spiro atoms. The molecule has 1 nitrogen and oxygen atoms in total. The van der Waals surface area contributed by atoms with E-state index in [1.54, 1.807) is 0 Å². The fourth-order valence-corrected chi connectivity index (χ4v) is 1.85. The lowest BCUT2D eigenvalue weighted by Crippen LogP contribution is -2.36. The number of fused-ring (bicyclic) bond motifs is 1. The number of hydrogen-bond acceptors (Lipinski definition) is 1. The van der Waals surface area contributed by atoms with E-state index in [0.717, 1.165) is 6.42 Å². The van der Waals surface area contributed by atoms with Crippen LogP contribution in [0, 0.1) is 5.92 Å². The van der Waals surface area contributed by atoms with Gasteiger partial charge in [-0.1, -0.05) is 50.3 Å².